The van der Waals surface area contributed by atoms with Gasteiger partial charge in [-0.25, -0.2) is 0 Å². The number of thioether (sulfide) groups is 1. The summed E-state index contributed by atoms with van der Waals surface area (Å²) in [6.07, 6.45) is 0. The van der Waals surface area contributed by atoms with Crippen molar-refractivity contribution in [3.8, 4) is 0 Å². The molecule has 2 fully saturated rings. The lowest BCUT2D eigenvalue weighted by Crippen LogP contribution is -2.31. The zero-order valence-corrected chi connectivity index (χ0v) is 5.50. The second-order valence-corrected chi connectivity index (χ2v) is 3.41. The molecule has 46 valence electrons. The molecule has 2 atom stereocenters. The predicted molar refractivity (Wildman–Crippen MR) is 36.0 cm³/mol. The van der Waals surface area contributed by atoms with E-state index >= 15 is 0 Å². The van der Waals surface area contributed by atoms with E-state index in [1.54, 1.807) is 0 Å². The van der Waals surface area contributed by atoms with E-state index in [1.807, 2.05) is 11.8 Å². The maximum Gasteiger partial charge on any atom is 0.0460 e. The van der Waals surface area contributed by atoms with Crippen LogP contribution in [0.2, 0.25) is 0 Å². The van der Waals surface area contributed by atoms with E-state index in [0.29, 0.717) is 0 Å². The van der Waals surface area contributed by atoms with E-state index in [-0.39, 0.29) is 0 Å². The molecule has 2 saturated heterocycles. The summed E-state index contributed by atoms with van der Waals surface area (Å²) >= 11 is 2.04. The molecule has 2 rings (SSSR count). The molecule has 0 radical (unpaired) electrons. The molecule has 0 aliphatic carbocycles. The first-order valence-corrected chi connectivity index (χ1v) is 4.17. The smallest absolute Gasteiger partial charge is 0.0460 e. The highest BCUT2D eigenvalue weighted by molar-refractivity contribution is 7.99. The van der Waals surface area contributed by atoms with Crippen molar-refractivity contribution in [3.63, 3.8) is 0 Å². The van der Waals surface area contributed by atoms with Crippen molar-refractivity contribution in [1.82, 2.24) is 10.6 Å². The third-order valence-electron chi connectivity index (χ3n) is 1.81. The topological polar surface area (TPSA) is 24.1 Å². The average Bonchev–Trinajstić information content (AvgIpc) is 2.15. The zero-order chi connectivity index (χ0) is 5.40. The first kappa shape index (κ1) is 5.09. The van der Waals surface area contributed by atoms with Gasteiger partial charge in [-0.15, -0.1) is 0 Å². The van der Waals surface area contributed by atoms with Crippen LogP contribution >= 0.6 is 11.8 Å². The number of nitrogens with one attached hydrogen (secondary N) is 2. The van der Waals surface area contributed by atoms with Crippen molar-refractivity contribution in [2.45, 2.75) is 12.1 Å². The molecule has 0 amide bonds. The van der Waals surface area contributed by atoms with Gasteiger partial charge in [0, 0.05) is 30.3 Å². The zero-order valence-electron chi connectivity index (χ0n) is 4.68. The molecule has 3 heteroatoms. The molecular weight excluding hydrogens is 120 g/mol. The van der Waals surface area contributed by atoms with Crippen LogP contribution in [0.5, 0.6) is 0 Å². The highest BCUT2D eigenvalue weighted by atomic mass is 32.2. The molecule has 2 N–H and O–H groups in total. The molecule has 0 unspecified atom stereocenters. The van der Waals surface area contributed by atoms with Gasteiger partial charge >= 0.3 is 0 Å². The van der Waals surface area contributed by atoms with E-state index < -0.39 is 0 Å². The van der Waals surface area contributed by atoms with Crippen LogP contribution in [0, 0.1) is 0 Å². The summed E-state index contributed by atoms with van der Waals surface area (Å²) in [4.78, 5) is 0. The van der Waals surface area contributed by atoms with Gasteiger partial charge in [-0.05, 0) is 0 Å². The fraction of sp³-hybridized carbons (Fsp3) is 1.00. The Morgan fingerprint density at radius 1 is 1.12 bits per heavy atom. The van der Waals surface area contributed by atoms with Gasteiger partial charge in [-0.1, -0.05) is 0 Å². The molecular formula is C5H10N2S. The lowest BCUT2D eigenvalue weighted by molar-refractivity contribution is 0.620. The Morgan fingerprint density at radius 3 is 2.38 bits per heavy atom. The van der Waals surface area contributed by atoms with Gasteiger partial charge in [0.15, 0.2) is 0 Å². The average molecular weight is 130 g/mol. The van der Waals surface area contributed by atoms with Gasteiger partial charge in [0.2, 0.25) is 0 Å². The monoisotopic (exact) mass is 130 g/mol. The largest absolute Gasteiger partial charge is 0.299 e. The summed E-state index contributed by atoms with van der Waals surface area (Å²) in [5.41, 5.74) is 0. The van der Waals surface area contributed by atoms with Crippen LogP contribution in [0.1, 0.15) is 0 Å². The molecule has 0 aromatic rings. The van der Waals surface area contributed by atoms with Crippen LogP contribution in [-0.4, -0.2) is 30.3 Å². The second-order valence-electron chi connectivity index (χ2n) is 2.34. The summed E-state index contributed by atoms with van der Waals surface area (Å²) in [5.74, 6) is 2.61. The second kappa shape index (κ2) is 1.90. The first-order chi connectivity index (χ1) is 3.97. The van der Waals surface area contributed by atoms with E-state index in [4.69, 9.17) is 0 Å². The third kappa shape index (κ3) is 0.658. The molecule has 2 heterocycles. The van der Waals surface area contributed by atoms with Crippen LogP contribution in [0.4, 0.5) is 0 Å². The van der Waals surface area contributed by atoms with Crippen LogP contribution in [0.3, 0.4) is 0 Å². The Kier molecular flexibility index (Phi) is 1.21. The standard InChI is InChI=1S/C5H10N2S/c1-4-5(2-8-1)7-3-6-4/h4-7H,1-3H2/t4-,5+. The minimum Gasteiger partial charge on any atom is -0.299 e. The Hall–Kier alpha value is 0.270. The van der Waals surface area contributed by atoms with Gasteiger partial charge in [0.25, 0.3) is 0 Å². The van der Waals surface area contributed by atoms with Crippen molar-refractivity contribution in [3.05, 3.63) is 0 Å². The molecule has 0 spiro atoms. The normalized spacial score (nSPS) is 45.0. The molecule has 0 bridgehead atoms. The number of hydrogen-bond acceptors (Lipinski definition) is 3. The van der Waals surface area contributed by atoms with E-state index in [0.717, 1.165) is 18.8 Å². The maximum absolute atomic E-state index is 3.39. The van der Waals surface area contributed by atoms with E-state index in [2.05, 4.69) is 10.6 Å². The third-order valence-corrected chi connectivity index (χ3v) is 3.00. The van der Waals surface area contributed by atoms with Crippen molar-refractivity contribution < 1.29 is 0 Å². The Balaban J connectivity index is 2.04. The fourth-order valence-electron chi connectivity index (χ4n) is 1.28. The molecule has 2 aliphatic heterocycles. The molecule has 0 aromatic heterocycles. The van der Waals surface area contributed by atoms with Crippen LogP contribution < -0.4 is 10.6 Å². The minimum absolute atomic E-state index is 0.778. The quantitative estimate of drug-likeness (QED) is 0.467. The highest BCUT2D eigenvalue weighted by Gasteiger charge is 2.30. The Labute approximate surface area is 53.4 Å². The maximum atomic E-state index is 3.39. The van der Waals surface area contributed by atoms with Gasteiger partial charge in [-0.3, -0.25) is 10.6 Å². The van der Waals surface area contributed by atoms with Crippen LogP contribution in [-0.2, 0) is 0 Å². The Bertz CT molecular complexity index is 76.4. The van der Waals surface area contributed by atoms with Crippen molar-refractivity contribution in [2.75, 3.05) is 18.2 Å². The van der Waals surface area contributed by atoms with Crippen molar-refractivity contribution >= 4 is 11.8 Å². The number of rotatable bonds is 0. The minimum atomic E-state index is 0.778. The molecule has 0 aromatic carbocycles. The van der Waals surface area contributed by atoms with Gasteiger partial charge in [-0.2, -0.15) is 11.8 Å². The number of fused-ring (bicyclic) bond motifs is 1. The fourth-order valence-corrected chi connectivity index (χ4v) is 2.62. The summed E-state index contributed by atoms with van der Waals surface area (Å²) in [7, 11) is 0. The molecule has 0 saturated carbocycles. The van der Waals surface area contributed by atoms with Gasteiger partial charge in [0.1, 0.15) is 0 Å². The van der Waals surface area contributed by atoms with Crippen molar-refractivity contribution in [2.24, 2.45) is 0 Å². The SMILES string of the molecule is C1N[C@H]2CSC[C@H]2N1. The lowest BCUT2D eigenvalue weighted by atomic mass is 10.2. The van der Waals surface area contributed by atoms with Crippen molar-refractivity contribution in [1.29, 1.82) is 0 Å². The predicted octanol–water partition coefficient (Wildman–Crippen LogP) is -0.379. The van der Waals surface area contributed by atoms with Crippen LogP contribution in [0.25, 0.3) is 0 Å². The number of hydrogen-bond donors (Lipinski definition) is 2. The van der Waals surface area contributed by atoms with Gasteiger partial charge < -0.3 is 0 Å². The Morgan fingerprint density at radius 2 is 1.75 bits per heavy atom. The summed E-state index contributed by atoms with van der Waals surface area (Å²) < 4.78 is 0. The molecule has 2 nitrogen and oxygen atoms in total. The lowest BCUT2D eigenvalue weighted by Gasteiger charge is -2.03. The van der Waals surface area contributed by atoms with E-state index in [1.165, 1.54) is 11.5 Å². The highest BCUT2D eigenvalue weighted by Crippen LogP contribution is 2.19. The molecule has 2 aliphatic rings. The first-order valence-electron chi connectivity index (χ1n) is 3.01. The summed E-state index contributed by atoms with van der Waals surface area (Å²) in [6, 6.07) is 1.56. The van der Waals surface area contributed by atoms with E-state index in [9.17, 15) is 0 Å². The summed E-state index contributed by atoms with van der Waals surface area (Å²) in [5, 5.41) is 6.77. The van der Waals surface area contributed by atoms with Gasteiger partial charge in [0.05, 0.1) is 0 Å². The summed E-state index contributed by atoms with van der Waals surface area (Å²) in [6.45, 7) is 1.02. The molecule has 8 heavy (non-hydrogen) atoms. The van der Waals surface area contributed by atoms with Crippen LogP contribution in [0.15, 0.2) is 0 Å².